The average molecular weight is 396 g/mol. The van der Waals surface area contributed by atoms with Crippen LogP contribution >= 0.6 is 15.9 Å². The topological polar surface area (TPSA) is 45.2 Å². The molecule has 0 bridgehead atoms. The molecule has 3 rings (SSSR count). The van der Waals surface area contributed by atoms with Crippen LogP contribution in [0.2, 0.25) is 0 Å². The number of nitrogens with one attached hydrogen (secondary N) is 1. The van der Waals surface area contributed by atoms with E-state index in [1.807, 2.05) is 42.5 Å². The summed E-state index contributed by atoms with van der Waals surface area (Å²) in [5.74, 6) is 0.342. The van der Waals surface area contributed by atoms with Gasteiger partial charge in [0.15, 0.2) is 0 Å². The maximum Gasteiger partial charge on any atom is 0.256 e. The lowest BCUT2D eigenvalue weighted by Crippen LogP contribution is -2.17. The lowest BCUT2D eigenvalue weighted by Gasteiger charge is -2.23. The number of hydrogen-bond acceptors (Lipinski definition) is 3. The maximum atomic E-state index is 12.3. The van der Waals surface area contributed by atoms with Gasteiger partial charge in [-0.25, -0.2) is 4.98 Å². The van der Waals surface area contributed by atoms with Crippen LogP contribution in [0.15, 0.2) is 77.4 Å². The number of aromatic nitrogens is 1. The highest BCUT2D eigenvalue weighted by Crippen LogP contribution is 2.25. The minimum Gasteiger partial charge on any atom is -0.341 e. The summed E-state index contributed by atoms with van der Waals surface area (Å²) < 4.78 is 0.866. The van der Waals surface area contributed by atoms with Crippen LogP contribution < -0.4 is 10.2 Å². The number of carbonyl (C=O) groups excluding carboxylic acids is 1. The van der Waals surface area contributed by atoms with E-state index < -0.39 is 0 Å². The molecule has 1 aromatic heterocycles. The molecule has 1 N–H and O–H groups in total. The molecule has 0 unspecified atom stereocenters. The van der Waals surface area contributed by atoms with Crippen molar-refractivity contribution in [3.63, 3.8) is 0 Å². The Hall–Kier alpha value is -2.66. The van der Waals surface area contributed by atoms with E-state index in [4.69, 9.17) is 0 Å². The highest BCUT2D eigenvalue weighted by Gasteiger charge is 2.10. The summed E-state index contributed by atoms with van der Waals surface area (Å²) in [5, 5.41) is 2.82. The van der Waals surface area contributed by atoms with Crippen molar-refractivity contribution in [3.8, 4) is 0 Å². The summed E-state index contributed by atoms with van der Waals surface area (Å²) in [6.45, 7) is 2.92. The molecule has 0 saturated heterocycles. The quantitative estimate of drug-likeness (QED) is 0.640. The van der Waals surface area contributed by atoms with Crippen LogP contribution in [0.3, 0.4) is 0 Å². The van der Waals surface area contributed by atoms with Crippen LogP contribution in [0.5, 0.6) is 0 Å². The van der Waals surface area contributed by atoms with Crippen LogP contribution in [-0.4, -0.2) is 17.4 Å². The van der Waals surface area contributed by atoms with E-state index in [0.717, 1.165) is 22.4 Å². The Morgan fingerprint density at radius 3 is 2.48 bits per heavy atom. The lowest BCUT2D eigenvalue weighted by atomic mass is 10.2. The number of hydrogen-bond donors (Lipinski definition) is 1. The van der Waals surface area contributed by atoms with Gasteiger partial charge in [-0.1, -0.05) is 40.2 Å². The van der Waals surface area contributed by atoms with Crippen LogP contribution in [0.4, 0.5) is 17.2 Å². The van der Waals surface area contributed by atoms with Crippen molar-refractivity contribution < 1.29 is 4.79 Å². The van der Waals surface area contributed by atoms with Gasteiger partial charge in [0.25, 0.3) is 5.91 Å². The van der Waals surface area contributed by atoms with E-state index in [9.17, 15) is 4.79 Å². The van der Waals surface area contributed by atoms with E-state index >= 15 is 0 Å². The minimum atomic E-state index is -0.183. The monoisotopic (exact) mass is 395 g/mol. The molecule has 0 aliphatic heterocycles. The molecular weight excluding hydrogens is 378 g/mol. The Morgan fingerprint density at radius 1 is 1.04 bits per heavy atom. The summed E-state index contributed by atoms with van der Waals surface area (Å²) >= 11 is 3.37. The SMILES string of the molecule is CCN(c1ccccc1)c1ccc(NC(=O)c2cccc(Br)c2)nc1. The third kappa shape index (κ3) is 4.25. The Bertz CT molecular complexity index is 850. The standard InChI is InChI=1S/C20H18BrN3O/c1-2-24(17-9-4-3-5-10-17)18-11-12-19(22-14-18)23-20(25)15-7-6-8-16(21)13-15/h3-14H,2H2,1H3,(H,22,23,25). The lowest BCUT2D eigenvalue weighted by molar-refractivity contribution is 0.102. The maximum absolute atomic E-state index is 12.3. The van der Waals surface area contributed by atoms with Crippen molar-refractivity contribution in [1.29, 1.82) is 0 Å². The Balaban J connectivity index is 1.75. The molecule has 2 aromatic carbocycles. The number of carbonyl (C=O) groups is 1. The van der Waals surface area contributed by atoms with Crippen molar-refractivity contribution in [2.75, 3.05) is 16.8 Å². The first kappa shape index (κ1) is 17.2. The van der Waals surface area contributed by atoms with Gasteiger partial charge in [0, 0.05) is 22.3 Å². The Morgan fingerprint density at radius 2 is 1.84 bits per heavy atom. The Labute approximate surface area is 155 Å². The predicted octanol–water partition coefficient (Wildman–Crippen LogP) is 5.25. The van der Waals surface area contributed by atoms with Gasteiger partial charge >= 0.3 is 0 Å². The van der Waals surface area contributed by atoms with Gasteiger partial charge in [-0.05, 0) is 49.4 Å². The van der Waals surface area contributed by atoms with Gasteiger partial charge < -0.3 is 10.2 Å². The molecule has 3 aromatic rings. The summed E-state index contributed by atoms with van der Waals surface area (Å²) in [5.41, 5.74) is 2.67. The van der Waals surface area contributed by atoms with Gasteiger partial charge in [0.2, 0.25) is 0 Å². The first-order valence-corrected chi connectivity index (χ1v) is 8.82. The summed E-state index contributed by atoms with van der Waals surface area (Å²) in [4.78, 5) is 18.8. The van der Waals surface area contributed by atoms with E-state index in [2.05, 4.69) is 50.2 Å². The first-order chi connectivity index (χ1) is 12.2. The van der Waals surface area contributed by atoms with E-state index in [1.165, 1.54) is 0 Å². The Kier molecular flexibility index (Phi) is 5.46. The minimum absolute atomic E-state index is 0.183. The van der Waals surface area contributed by atoms with Gasteiger partial charge in [-0.15, -0.1) is 0 Å². The zero-order valence-electron chi connectivity index (χ0n) is 13.8. The molecule has 0 aliphatic rings. The summed E-state index contributed by atoms with van der Waals surface area (Å²) in [7, 11) is 0. The molecule has 0 fully saturated rings. The highest BCUT2D eigenvalue weighted by molar-refractivity contribution is 9.10. The molecule has 1 amide bonds. The number of anilines is 3. The van der Waals surface area contributed by atoms with E-state index in [0.29, 0.717) is 11.4 Å². The third-order valence-electron chi connectivity index (χ3n) is 3.77. The number of pyridine rings is 1. The fourth-order valence-corrected chi connectivity index (χ4v) is 2.96. The zero-order valence-corrected chi connectivity index (χ0v) is 15.4. The van der Waals surface area contributed by atoms with Crippen LogP contribution in [0.25, 0.3) is 0 Å². The molecule has 4 nitrogen and oxygen atoms in total. The molecule has 0 radical (unpaired) electrons. The van der Waals surface area contributed by atoms with Crippen molar-refractivity contribution in [3.05, 3.63) is 83.0 Å². The molecule has 0 aliphatic carbocycles. The normalized spacial score (nSPS) is 10.3. The van der Waals surface area contributed by atoms with Crippen molar-refractivity contribution >= 4 is 39.0 Å². The first-order valence-electron chi connectivity index (χ1n) is 8.03. The second kappa shape index (κ2) is 7.94. The molecule has 25 heavy (non-hydrogen) atoms. The van der Waals surface area contributed by atoms with Crippen molar-refractivity contribution in [1.82, 2.24) is 4.98 Å². The van der Waals surface area contributed by atoms with Crippen molar-refractivity contribution in [2.24, 2.45) is 0 Å². The average Bonchev–Trinajstić information content (AvgIpc) is 2.64. The number of rotatable bonds is 5. The van der Waals surface area contributed by atoms with Gasteiger partial charge in [0.05, 0.1) is 11.9 Å². The van der Waals surface area contributed by atoms with Crippen molar-refractivity contribution in [2.45, 2.75) is 6.92 Å². The third-order valence-corrected chi connectivity index (χ3v) is 4.27. The van der Waals surface area contributed by atoms with Gasteiger partial charge in [-0.3, -0.25) is 4.79 Å². The smallest absolute Gasteiger partial charge is 0.256 e. The second-order valence-corrected chi connectivity index (χ2v) is 6.36. The fourth-order valence-electron chi connectivity index (χ4n) is 2.56. The predicted molar refractivity (Wildman–Crippen MR) is 105 cm³/mol. The molecule has 1 heterocycles. The molecular formula is C20H18BrN3O. The fraction of sp³-hybridized carbons (Fsp3) is 0.100. The molecule has 0 spiro atoms. The summed E-state index contributed by atoms with van der Waals surface area (Å²) in [6.07, 6.45) is 1.77. The van der Waals surface area contributed by atoms with Gasteiger partial charge in [-0.2, -0.15) is 0 Å². The van der Waals surface area contributed by atoms with E-state index in [1.54, 1.807) is 18.3 Å². The second-order valence-electron chi connectivity index (χ2n) is 5.45. The van der Waals surface area contributed by atoms with Crippen LogP contribution in [0.1, 0.15) is 17.3 Å². The largest absolute Gasteiger partial charge is 0.341 e. The van der Waals surface area contributed by atoms with Crippen LogP contribution in [-0.2, 0) is 0 Å². The van der Waals surface area contributed by atoms with E-state index in [-0.39, 0.29) is 5.91 Å². The zero-order chi connectivity index (χ0) is 17.6. The summed E-state index contributed by atoms with van der Waals surface area (Å²) in [6, 6.07) is 21.2. The number of halogens is 1. The molecule has 5 heteroatoms. The molecule has 0 saturated carbocycles. The highest BCUT2D eigenvalue weighted by atomic mass is 79.9. The van der Waals surface area contributed by atoms with Gasteiger partial charge in [0.1, 0.15) is 5.82 Å². The van der Waals surface area contributed by atoms with Crippen LogP contribution in [0, 0.1) is 0 Å². The molecule has 126 valence electrons. The number of nitrogens with zero attached hydrogens (tertiary/aromatic N) is 2. The number of para-hydroxylation sites is 1. The number of amides is 1. The number of benzene rings is 2. The molecule has 0 atom stereocenters.